The lowest BCUT2D eigenvalue weighted by Gasteiger charge is -2.36. The molecule has 0 spiro atoms. The monoisotopic (exact) mass is 398 g/mol. The molecule has 0 atom stereocenters. The summed E-state index contributed by atoms with van der Waals surface area (Å²) in [6, 6.07) is 5.21. The van der Waals surface area contributed by atoms with E-state index in [1.54, 1.807) is 33.9 Å². The van der Waals surface area contributed by atoms with Crippen LogP contribution in [0, 0.1) is 5.95 Å². The molecule has 1 amide bonds. The first kappa shape index (κ1) is 19.1. The Morgan fingerprint density at radius 3 is 2.59 bits per heavy atom. The highest BCUT2D eigenvalue weighted by molar-refractivity contribution is 5.77. The fourth-order valence-electron chi connectivity index (χ4n) is 3.26. The molecular weight excluding hydrogens is 375 g/mol. The quantitative estimate of drug-likeness (QED) is 0.618. The van der Waals surface area contributed by atoms with Gasteiger partial charge in [0.2, 0.25) is 5.95 Å². The lowest BCUT2D eigenvalue weighted by atomic mass is 10.1. The summed E-state index contributed by atoms with van der Waals surface area (Å²) in [7, 11) is 0. The molecule has 0 unspecified atom stereocenters. The number of fused-ring (bicyclic) bond motifs is 1. The third kappa shape index (κ3) is 3.98. The molecule has 29 heavy (non-hydrogen) atoms. The van der Waals surface area contributed by atoms with Crippen LogP contribution in [0.4, 0.5) is 15.0 Å². The predicted octanol–water partition coefficient (Wildman–Crippen LogP) is 2.99. The predicted molar refractivity (Wildman–Crippen MR) is 106 cm³/mol. The molecule has 1 aliphatic heterocycles. The molecule has 0 aromatic carbocycles. The molecule has 1 fully saturated rings. The van der Waals surface area contributed by atoms with Gasteiger partial charge >= 0.3 is 6.09 Å². The van der Waals surface area contributed by atoms with Crippen molar-refractivity contribution in [2.45, 2.75) is 26.4 Å². The summed E-state index contributed by atoms with van der Waals surface area (Å²) < 4.78 is 21.2. The van der Waals surface area contributed by atoms with Crippen LogP contribution in [0.5, 0.6) is 0 Å². The minimum atomic E-state index is -0.555. The van der Waals surface area contributed by atoms with Crippen LogP contribution in [-0.4, -0.2) is 62.4 Å². The Balaban J connectivity index is 1.53. The molecule has 4 heterocycles. The number of hydrogen-bond donors (Lipinski definition) is 0. The van der Waals surface area contributed by atoms with Crippen molar-refractivity contribution in [1.29, 1.82) is 0 Å². The molecule has 9 heteroatoms. The van der Waals surface area contributed by atoms with Gasteiger partial charge in [0.25, 0.3) is 0 Å². The standard InChI is InChI=1S/C20H23FN6O2/c1-20(2,3)29-19(28)26-11-9-25(10-12-26)16-6-8-27-18(24-16)15(13-23-27)14-5-4-7-22-17(14)21/h4-8,13H,9-12H2,1-3H3. The first-order valence-electron chi connectivity index (χ1n) is 9.50. The number of piperazine rings is 1. The van der Waals surface area contributed by atoms with Crippen LogP contribution in [0.25, 0.3) is 16.8 Å². The van der Waals surface area contributed by atoms with Gasteiger partial charge in [0.05, 0.1) is 11.8 Å². The number of rotatable bonds is 2. The number of ether oxygens (including phenoxy) is 1. The van der Waals surface area contributed by atoms with Gasteiger partial charge < -0.3 is 14.5 Å². The minimum absolute atomic E-state index is 0.300. The highest BCUT2D eigenvalue weighted by Crippen LogP contribution is 2.26. The van der Waals surface area contributed by atoms with E-state index in [2.05, 4.69) is 15.0 Å². The van der Waals surface area contributed by atoms with Gasteiger partial charge in [-0.2, -0.15) is 9.49 Å². The Morgan fingerprint density at radius 1 is 1.14 bits per heavy atom. The zero-order valence-corrected chi connectivity index (χ0v) is 16.7. The SMILES string of the molecule is CC(C)(C)OC(=O)N1CCN(c2ccn3ncc(-c4cccnc4F)c3n2)CC1. The van der Waals surface area contributed by atoms with Gasteiger partial charge in [0.15, 0.2) is 5.65 Å². The maximum Gasteiger partial charge on any atom is 0.410 e. The fraction of sp³-hybridized carbons (Fsp3) is 0.400. The minimum Gasteiger partial charge on any atom is -0.444 e. The van der Waals surface area contributed by atoms with E-state index in [0.717, 1.165) is 5.82 Å². The Morgan fingerprint density at radius 2 is 1.90 bits per heavy atom. The molecule has 0 aliphatic carbocycles. The Labute approximate surface area is 167 Å². The van der Waals surface area contributed by atoms with Crippen molar-refractivity contribution in [1.82, 2.24) is 24.5 Å². The van der Waals surface area contributed by atoms with Gasteiger partial charge in [-0.05, 0) is 39.0 Å². The molecule has 4 rings (SSSR count). The Bertz CT molecular complexity index is 1040. The molecule has 8 nitrogen and oxygen atoms in total. The fourth-order valence-corrected chi connectivity index (χ4v) is 3.26. The maximum absolute atomic E-state index is 14.1. The summed E-state index contributed by atoms with van der Waals surface area (Å²) in [4.78, 5) is 24.5. The molecule has 152 valence electrons. The lowest BCUT2D eigenvalue weighted by molar-refractivity contribution is 0.0240. The highest BCUT2D eigenvalue weighted by Gasteiger charge is 2.26. The van der Waals surface area contributed by atoms with Crippen molar-refractivity contribution < 1.29 is 13.9 Å². The summed E-state index contributed by atoms with van der Waals surface area (Å²) in [6.07, 6.45) is 4.50. The lowest BCUT2D eigenvalue weighted by Crippen LogP contribution is -2.50. The van der Waals surface area contributed by atoms with Gasteiger partial charge in [0, 0.05) is 44.1 Å². The number of nitrogens with zero attached hydrogens (tertiary/aromatic N) is 6. The zero-order valence-electron chi connectivity index (χ0n) is 16.7. The van der Waals surface area contributed by atoms with Crippen LogP contribution in [0.3, 0.4) is 0 Å². The zero-order chi connectivity index (χ0) is 20.6. The number of halogens is 1. The van der Waals surface area contributed by atoms with E-state index in [1.807, 2.05) is 26.8 Å². The second-order valence-electron chi connectivity index (χ2n) is 7.91. The van der Waals surface area contributed by atoms with Crippen molar-refractivity contribution in [3.63, 3.8) is 0 Å². The van der Waals surface area contributed by atoms with E-state index >= 15 is 0 Å². The van der Waals surface area contributed by atoms with E-state index in [9.17, 15) is 9.18 Å². The van der Waals surface area contributed by atoms with Crippen LogP contribution in [-0.2, 0) is 4.74 Å². The van der Waals surface area contributed by atoms with Gasteiger partial charge in [-0.25, -0.2) is 19.3 Å². The first-order chi connectivity index (χ1) is 13.8. The van der Waals surface area contributed by atoms with Crippen LogP contribution < -0.4 is 4.90 Å². The smallest absolute Gasteiger partial charge is 0.410 e. The molecule has 0 radical (unpaired) electrons. The van der Waals surface area contributed by atoms with Gasteiger partial charge in [0.1, 0.15) is 11.4 Å². The average Bonchev–Trinajstić information content (AvgIpc) is 3.10. The van der Waals surface area contributed by atoms with E-state index in [1.165, 1.54) is 6.20 Å². The first-order valence-corrected chi connectivity index (χ1v) is 9.50. The van der Waals surface area contributed by atoms with Crippen LogP contribution in [0.15, 0.2) is 36.8 Å². The third-order valence-corrected chi connectivity index (χ3v) is 4.66. The Kier molecular flexibility index (Phi) is 4.81. The normalized spacial score (nSPS) is 15.0. The molecule has 0 saturated carbocycles. The molecule has 3 aromatic rings. The third-order valence-electron chi connectivity index (χ3n) is 4.66. The number of carbonyl (C=O) groups excluding carboxylic acids is 1. The van der Waals surface area contributed by atoms with Crippen molar-refractivity contribution in [2.24, 2.45) is 0 Å². The number of amides is 1. The maximum atomic E-state index is 14.1. The largest absolute Gasteiger partial charge is 0.444 e. The van der Waals surface area contributed by atoms with E-state index in [-0.39, 0.29) is 6.09 Å². The number of pyridine rings is 1. The average molecular weight is 398 g/mol. The van der Waals surface area contributed by atoms with Crippen molar-refractivity contribution in [2.75, 3.05) is 31.1 Å². The summed E-state index contributed by atoms with van der Waals surface area (Å²) in [5.74, 6) is 0.202. The van der Waals surface area contributed by atoms with Gasteiger partial charge in [-0.3, -0.25) is 0 Å². The van der Waals surface area contributed by atoms with Crippen molar-refractivity contribution in [3.05, 3.63) is 42.7 Å². The number of anilines is 1. The van der Waals surface area contributed by atoms with Crippen LogP contribution in [0.2, 0.25) is 0 Å². The molecule has 1 aliphatic rings. The summed E-state index contributed by atoms with van der Waals surface area (Å²) in [6.45, 7) is 7.92. The summed E-state index contributed by atoms with van der Waals surface area (Å²) >= 11 is 0. The second kappa shape index (κ2) is 7.31. The molecular formula is C20H23FN6O2. The topological polar surface area (TPSA) is 75.9 Å². The van der Waals surface area contributed by atoms with Crippen LogP contribution in [0.1, 0.15) is 20.8 Å². The van der Waals surface area contributed by atoms with Gasteiger partial charge in [-0.15, -0.1) is 0 Å². The van der Waals surface area contributed by atoms with Gasteiger partial charge in [-0.1, -0.05) is 0 Å². The van der Waals surface area contributed by atoms with E-state index in [0.29, 0.717) is 43.0 Å². The molecule has 0 N–H and O–H groups in total. The second-order valence-corrected chi connectivity index (χ2v) is 7.91. The van der Waals surface area contributed by atoms with E-state index in [4.69, 9.17) is 9.72 Å². The molecule has 1 saturated heterocycles. The molecule has 3 aromatic heterocycles. The summed E-state index contributed by atoms with van der Waals surface area (Å²) in [5.41, 5.74) is 0.997. The molecule has 0 bridgehead atoms. The highest BCUT2D eigenvalue weighted by atomic mass is 19.1. The Hall–Kier alpha value is -3.23. The van der Waals surface area contributed by atoms with Crippen LogP contribution >= 0.6 is 0 Å². The number of hydrogen-bond acceptors (Lipinski definition) is 6. The number of aromatic nitrogens is 4. The number of carbonyl (C=O) groups is 1. The van der Waals surface area contributed by atoms with E-state index < -0.39 is 11.5 Å². The summed E-state index contributed by atoms with van der Waals surface area (Å²) in [5, 5.41) is 4.26. The van der Waals surface area contributed by atoms with Crippen molar-refractivity contribution >= 4 is 17.6 Å². The van der Waals surface area contributed by atoms with Crippen molar-refractivity contribution in [3.8, 4) is 11.1 Å².